The summed E-state index contributed by atoms with van der Waals surface area (Å²) in [6.07, 6.45) is 0.472. The second-order valence-corrected chi connectivity index (χ2v) is 9.00. The molecule has 0 aromatic heterocycles. The SMILES string of the molecule is Cc1ccc(N2C(=O)N(C(=O)c3ccccc3Br)[C@H]3C[C@]2(C)Oc2ccccc23)cc1. The van der Waals surface area contributed by atoms with Crippen LogP contribution in [0.15, 0.2) is 77.3 Å². The Labute approximate surface area is 189 Å². The van der Waals surface area contributed by atoms with E-state index >= 15 is 0 Å². The minimum absolute atomic E-state index is 0.335. The predicted octanol–water partition coefficient (Wildman–Crippen LogP) is 6.08. The molecule has 2 atom stereocenters. The number of ether oxygens (including phenoxy) is 1. The summed E-state index contributed by atoms with van der Waals surface area (Å²) >= 11 is 3.46. The summed E-state index contributed by atoms with van der Waals surface area (Å²) in [6, 6.07) is 21.7. The summed E-state index contributed by atoms with van der Waals surface area (Å²) < 4.78 is 7.03. The number of fused-ring (bicyclic) bond motifs is 4. The van der Waals surface area contributed by atoms with Crippen LogP contribution in [-0.2, 0) is 0 Å². The predicted molar refractivity (Wildman–Crippen MR) is 122 cm³/mol. The summed E-state index contributed by atoms with van der Waals surface area (Å²) in [6.45, 7) is 3.91. The summed E-state index contributed by atoms with van der Waals surface area (Å²) in [5, 5.41) is 0. The summed E-state index contributed by atoms with van der Waals surface area (Å²) in [5.74, 6) is 0.356. The summed E-state index contributed by atoms with van der Waals surface area (Å²) in [4.78, 5) is 30.6. The first kappa shape index (κ1) is 19.8. The average molecular weight is 477 g/mol. The van der Waals surface area contributed by atoms with Crippen LogP contribution in [0.25, 0.3) is 0 Å². The van der Waals surface area contributed by atoms with E-state index in [1.807, 2.05) is 68.4 Å². The zero-order chi connectivity index (χ0) is 21.8. The number of carbonyl (C=O) groups is 2. The molecule has 2 heterocycles. The molecule has 3 amide bonds. The fraction of sp³-hybridized carbons (Fsp3) is 0.200. The summed E-state index contributed by atoms with van der Waals surface area (Å²) in [5.41, 5.74) is 2.17. The van der Waals surface area contributed by atoms with Crippen LogP contribution < -0.4 is 9.64 Å². The van der Waals surface area contributed by atoms with Crippen molar-refractivity contribution in [1.82, 2.24) is 4.90 Å². The second-order valence-electron chi connectivity index (χ2n) is 8.14. The Hall–Kier alpha value is -3.12. The molecule has 31 heavy (non-hydrogen) atoms. The Bertz CT molecular complexity index is 1190. The molecule has 5 rings (SSSR count). The molecule has 0 radical (unpaired) electrons. The van der Waals surface area contributed by atoms with Gasteiger partial charge in [-0.1, -0.05) is 48.0 Å². The normalized spacial score (nSPS) is 22.0. The Morgan fingerprint density at radius 1 is 1.03 bits per heavy atom. The van der Waals surface area contributed by atoms with Gasteiger partial charge in [-0.2, -0.15) is 0 Å². The highest BCUT2D eigenvalue weighted by Crippen LogP contribution is 2.49. The third-order valence-electron chi connectivity index (χ3n) is 5.98. The number of amides is 3. The van der Waals surface area contributed by atoms with Gasteiger partial charge in [-0.3, -0.25) is 14.6 Å². The van der Waals surface area contributed by atoms with Gasteiger partial charge in [-0.25, -0.2) is 4.79 Å². The first-order chi connectivity index (χ1) is 14.9. The number of para-hydroxylation sites is 1. The van der Waals surface area contributed by atoms with Crippen LogP contribution in [0, 0.1) is 6.92 Å². The van der Waals surface area contributed by atoms with Gasteiger partial charge in [-0.05, 0) is 60.1 Å². The highest BCUT2D eigenvalue weighted by molar-refractivity contribution is 9.10. The number of carbonyl (C=O) groups excluding carboxylic acids is 2. The van der Waals surface area contributed by atoms with E-state index in [1.54, 1.807) is 23.1 Å². The van der Waals surface area contributed by atoms with Crippen LogP contribution in [-0.4, -0.2) is 22.6 Å². The average Bonchev–Trinajstić information content (AvgIpc) is 2.75. The van der Waals surface area contributed by atoms with Gasteiger partial charge in [0.2, 0.25) is 0 Å². The Morgan fingerprint density at radius 3 is 2.45 bits per heavy atom. The van der Waals surface area contributed by atoms with Crippen molar-refractivity contribution in [2.24, 2.45) is 0 Å². The van der Waals surface area contributed by atoms with Crippen molar-refractivity contribution in [3.05, 3.63) is 94.0 Å². The molecule has 6 heteroatoms. The van der Waals surface area contributed by atoms with Gasteiger partial charge >= 0.3 is 6.03 Å². The number of imide groups is 1. The lowest BCUT2D eigenvalue weighted by molar-refractivity contribution is 0.00265. The van der Waals surface area contributed by atoms with E-state index in [0.717, 1.165) is 11.1 Å². The van der Waals surface area contributed by atoms with E-state index in [-0.39, 0.29) is 5.91 Å². The molecule has 156 valence electrons. The zero-order valence-corrected chi connectivity index (χ0v) is 18.8. The molecule has 2 aliphatic heterocycles. The molecule has 0 N–H and O–H groups in total. The Morgan fingerprint density at radius 2 is 1.71 bits per heavy atom. The van der Waals surface area contributed by atoms with Gasteiger partial charge in [0.05, 0.1) is 11.6 Å². The minimum Gasteiger partial charge on any atom is -0.467 e. The van der Waals surface area contributed by atoms with Crippen LogP contribution >= 0.6 is 15.9 Å². The molecule has 0 spiro atoms. The minimum atomic E-state index is -0.907. The molecule has 0 aliphatic carbocycles. The first-order valence-corrected chi connectivity index (χ1v) is 11.0. The largest absolute Gasteiger partial charge is 0.467 e. The third-order valence-corrected chi connectivity index (χ3v) is 6.67. The number of hydrogen-bond acceptors (Lipinski definition) is 3. The Kier molecular flexibility index (Phi) is 4.63. The molecular weight excluding hydrogens is 456 g/mol. The highest BCUT2D eigenvalue weighted by atomic mass is 79.9. The third kappa shape index (κ3) is 3.13. The van der Waals surface area contributed by atoms with Crippen LogP contribution in [0.1, 0.15) is 40.9 Å². The Balaban J connectivity index is 1.68. The molecule has 3 aromatic rings. The van der Waals surface area contributed by atoms with Crippen LogP contribution in [0.2, 0.25) is 0 Å². The lowest BCUT2D eigenvalue weighted by Crippen LogP contribution is -2.67. The van der Waals surface area contributed by atoms with E-state index in [0.29, 0.717) is 27.9 Å². The molecule has 1 saturated heterocycles. The summed E-state index contributed by atoms with van der Waals surface area (Å²) in [7, 11) is 0. The van der Waals surface area contributed by atoms with Crippen molar-refractivity contribution >= 4 is 33.6 Å². The van der Waals surface area contributed by atoms with Gasteiger partial charge in [0.25, 0.3) is 5.91 Å². The fourth-order valence-electron chi connectivity index (χ4n) is 4.48. The standard InChI is InChI=1S/C25H21BrN2O3/c1-16-11-13-17(14-12-16)28-24(30)27(23(29)18-7-3-5-9-20(18)26)21-15-25(28,2)31-22-10-6-4-8-19(21)22/h3-14,21H,15H2,1-2H3/t21-,25-/m0/s1. The number of halogens is 1. The van der Waals surface area contributed by atoms with E-state index in [1.165, 1.54) is 4.90 Å². The van der Waals surface area contributed by atoms with Crippen LogP contribution in [0.4, 0.5) is 10.5 Å². The van der Waals surface area contributed by atoms with Crippen molar-refractivity contribution < 1.29 is 14.3 Å². The van der Waals surface area contributed by atoms with Gasteiger partial charge in [0.1, 0.15) is 5.75 Å². The number of benzene rings is 3. The van der Waals surface area contributed by atoms with Gasteiger partial charge < -0.3 is 4.74 Å². The molecule has 0 saturated carbocycles. The highest BCUT2D eigenvalue weighted by Gasteiger charge is 2.55. The van der Waals surface area contributed by atoms with Crippen molar-refractivity contribution in [2.75, 3.05) is 4.90 Å². The van der Waals surface area contributed by atoms with Crippen molar-refractivity contribution in [2.45, 2.75) is 32.0 Å². The zero-order valence-electron chi connectivity index (χ0n) is 17.2. The maximum absolute atomic E-state index is 13.9. The lowest BCUT2D eigenvalue weighted by atomic mass is 9.88. The van der Waals surface area contributed by atoms with Gasteiger partial charge in [0.15, 0.2) is 5.72 Å². The smallest absolute Gasteiger partial charge is 0.335 e. The molecule has 3 aromatic carbocycles. The lowest BCUT2D eigenvalue weighted by Gasteiger charge is -2.53. The number of anilines is 1. The quantitative estimate of drug-likeness (QED) is 0.450. The van der Waals surface area contributed by atoms with Crippen LogP contribution in [0.3, 0.4) is 0 Å². The topological polar surface area (TPSA) is 49.9 Å². The van der Waals surface area contributed by atoms with E-state index in [2.05, 4.69) is 15.9 Å². The number of urea groups is 1. The van der Waals surface area contributed by atoms with Gasteiger partial charge in [-0.15, -0.1) is 0 Å². The van der Waals surface area contributed by atoms with E-state index in [4.69, 9.17) is 4.74 Å². The molecule has 2 bridgehead atoms. The van der Waals surface area contributed by atoms with E-state index in [9.17, 15) is 9.59 Å². The number of aryl methyl sites for hydroxylation is 1. The number of rotatable bonds is 2. The number of nitrogens with zero attached hydrogens (tertiary/aromatic N) is 2. The molecule has 2 aliphatic rings. The van der Waals surface area contributed by atoms with Crippen molar-refractivity contribution in [1.29, 1.82) is 0 Å². The van der Waals surface area contributed by atoms with Crippen molar-refractivity contribution in [3.8, 4) is 5.75 Å². The first-order valence-electron chi connectivity index (χ1n) is 10.2. The fourth-order valence-corrected chi connectivity index (χ4v) is 4.93. The van der Waals surface area contributed by atoms with Gasteiger partial charge in [0, 0.05) is 22.1 Å². The van der Waals surface area contributed by atoms with E-state index < -0.39 is 17.8 Å². The van der Waals surface area contributed by atoms with Crippen molar-refractivity contribution in [3.63, 3.8) is 0 Å². The maximum Gasteiger partial charge on any atom is 0.335 e. The molecule has 5 nitrogen and oxygen atoms in total. The molecular formula is C25H21BrN2O3. The molecule has 0 unspecified atom stereocenters. The molecule has 1 fully saturated rings. The monoisotopic (exact) mass is 476 g/mol. The maximum atomic E-state index is 13.9. The second kappa shape index (κ2) is 7.24. The number of hydrogen-bond donors (Lipinski definition) is 0. The van der Waals surface area contributed by atoms with Crippen LogP contribution in [0.5, 0.6) is 5.75 Å².